The second-order valence-electron chi connectivity index (χ2n) is 9.19. The molecule has 2 N–H and O–H groups in total. The minimum absolute atomic E-state index is 0.253. The lowest BCUT2D eigenvalue weighted by atomic mass is 10.1. The number of hydrogen-bond donors (Lipinski definition) is 2. The van der Waals surface area contributed by atoms with Crippen molar-refractivity contribution in [1.82, 2.24) is 19.4 Å². The second-order valence-corrected chi connectivity index (χ2v) is 9.19. The van der Waals surface area contributed by atoms with Gasteiger partial charge < -0.3 is 25.0 Å². The number of anilines is 4. The van der Waals surface area contributed by atoms with E-state index in [1.165, 1.54) is 6.08 Å². The Balaban J connectivity index is 1.67. The molecule has 1 aromatic carbocycles. The van der Waals surface area contributed by atoms with Crippen molar-refractivity contribution in [3.63, 3.8) is 0 Å². The van der Waals surface area contributed by atoms with Crippen molar-refractivity contribution >= 4 is 39.8 Å². The molecule has 3 heterocycles. The third-order valence-electron chi connectivity index (χ3n) is 6.15. The molecule has 1 amide bonds. The molecule has 0 radical (unpaired) electrons. The number of carbonyl (C=O) groups is 1. The molecule has 0 aliphatic heterocycles. The maximum Gasteiger partial charge on any atom is 0.247 e. The average molecular weight is 484 g/mol. The first-order valence-electron chi connectivity index (χ1n) is 11.8. The monoisotopic (exact) mass is 483 g/mol. The topological polar surface area (TPSA) is 78.3 Å². The third-order valence-corrected chi connectivity index (χ3v) is 6.15. The maximum absolute atomic E-state index is 12.2. The molecule has 0 saturated carbocycles. The van der Waals surface area contributed by atoms with Crippen LogP contribution in [0.2, 0.25) is 0 Å². The summed E-state index contributed by atoms with van der Waals surface area (Å²) < 4.78 is 2.03. The SMILES string of the molecule is C=CC(=O)Nc1cc(Nc2cc(-c3cn(C)c4ncccc34)ccn2)c(C)cc1N(C)CCN(C)C. The standard InChI is InChI=1S/C28H33N7O/c1-7-27(36)32-24-17-23(19(2)15-25(24)34(5)14-13-33(3)4)31-26-16-20(10-12-29-26)22-18-35(6)28-21(22)9-8-11-30-28/h7-12,15-18H,1,13-14H2,2-6H3,(H,29,31)(H,32,36). The third kappa shape index (κ3) is 5.39. The van der Waals surface area contributed by atoms with Crippen molar-refractivity contribution < 1.29 is 4.79 Å². The molecule has 3 aromatic heterocycles. The van der Waals surface area contributed by atoms with Gasteiger partial charge >= 0.3 is 0 Å². The number of fused-ring (bicyclic) bond motifs is 1. The molecule has 0 bridgehead atoms. The molecule has 8 nitrogen and oxygen atoms in total. The van der Waals surface area contributed by atoms with Crippen LogP contribution in [0.3, 0.4) is 0 Å². The highest BCUT2D eigenvalue weighted by atomic mass is 16.1. The van der Waals surface area contributed by atoms with E-state index in [9.17, 15) is 4.79 Å². The van der Waals surface area contributed by atoms with Gasteiger partial charge in [0.25, 0.3) is 0 Å². The van der Waals surface area contributed by atoms with Crippen molar-refractivity contribution in [2.24, 2.45) is 7.05 Å². The summed E-state index contributed by atoms with van der Waals surface area (Å²) in [6.07, 6.45) is 6.97. The first-order chi connectivity index (χ1) is 17.3. The first kappa shape index (κ1) is 24.9. The van der Waals surface area contributed by atoms with Crippen molar-refractivity contribution in [2.45, 2.75) is 6.92 Å². The summed E-state index contributed by atoms with van der Waals surface area (Å²) in [5.41, 5.74) is 6.64. The Kier molecular flexibility index (Phi) is 7.36. The zero-order valence-corrected chi connectivity index (χ0v) is 21.5. The van der Waals surface area contributed by atoms with Crippen LogP contribution in [0, 0.1) is 6.92 Å². The summed E-state index contributed by atoms with van der Waals surface area (Å²) in [6.45, 7) is 7.36. The van der Waals surface area contributed by atoms with E-state index in [1.807, 2.05) is 63.9 Å². The predicted octanol–water partition coefficient (Wildman–Crippen LogP) is 4.81. The molecule has 0 aliphatic rings. The molecule has 0 saturated heterocycles. The lowest BCUT2D eigenvalue weighted by molar-refractivity contribution is -0.111. The number of aromatic nitrogens is 3. The summed E-state index contributed by atoms with van der Waals surface area (Å²) in [5.74, 6) is 0.461. The van der Waals surface area contributed by atoms with Gasteiger partial charge in [0, 0.05) is 62.4 Å². The Morgan fingerprint density at radius 2 is 1.89 bits per heavy atom. The molecule has 0 fully saturated rings. The largest absolute Gasteiger partial charge is 0.372 e. The molecular weight excluding hydrogens is 450 g/mol. The number of aryl methyl sites for hydroxylation is 2. The van der Waals surface area contributed by atoms with Crippen LogP contribution in [-0.4, -0.2) is 59.6 Å². The number of carbonyl (C=O) groups excluding carboxylic acids is 1. The van der Waals surface area contributed by atoms with Crippen LogP contribution in [-0.2, 0) is 11.8 Å². The van der Waals surface area contributed by atoms with Gasteiger partial charge in [-0.3, -0.25) is 4.79 Å². The van der Waals surface area contributed by atoms with E-state index >= 15 is 0 Å². The first-order valence-corrected chi connectivity index (χ1v) is 11.8. The maximum atomic E-state index is 12.2. The van der Waals surface area contributed by atoms with Crippen molar-refractivity contribution in [3.8, 4) is 11.1 Å². The van der Waals surface area contributed by atoms with Crippen LogP contribution in [0.4, 0.5) is 22.9 Å². The number of amides is 1. The lowest BCUT2D eigenvalue weighted by Crippen LogP contribution is -2.29. The zero-order chi connectivity index (χ0) is 25.8. The van der Waals surface area contributed by atoms with Crippen LogP contribution >= 0.6 is 0 Å². The van der Waals surface area contributed by atoms with Crippen LogP contribution in [0.5, 0.6) is 0 Å². The van der Waals surface area contributed by atoms with E-state index in [-0.39, 0.29) is 5.91 Å². The minimum Gasteiger partial charge on any atom is -0.372 e. The van der Waals surface area contributed by atoms with Gasteiger partial charge in [-0.05, 0) is 74.6 Å². The zero-order valence-electron chi connectivity index (χ0n) is 21.5. The number of pyridine rings is 2. The lowest BCUT2D eigenvalue weighted by Gasteiger charge is -2.26. The van der Waals surface area contributed by atoms with Crippen molar-refractivity contribution in [3.05, 3.63) is 73.2 Å². The Hall–Kier alpha value is -4.17. The van der Waals surface area contributed by atoms with Gasteiger partial charge in [-0.25, -0.2) is 9.97 Å². The van der Waals surface area contributed by atoms with E-state index in [1.54, 1.807) is 12.4 Å². The van der Waals surface area contributed by atoms with Crippen molar-refractivity contribution in [2.75, 3.05) is 49.8 Å². The van der Waals surface area contributed by atoms with Gasteiger partial charge in [-0.15, -0.1) is 0 Å². The number of nitrogens with zero attached hydrogens (tertiary/aromatic N) is 5. The molecule has 186 valence electrons. The molecule has 8 heteroatoms. The van der Waals surface area contributed by atoms with Gasteiger partial charge in [-0.2, -0.15) is 0 Å². The van der Waals surface area contributed by atoms with Crippen LogP contribution in [0.15, 0.2) is 67.6 Å². The van der Waals surface area contributed by atoms with Crippen molar-refractivity contribution in [1.29, 1.82) is 0 Å². The van der Waals surface area contributed by atoms with E-state index in [0.717, 1.165) is 52.2 Å². The molecular formula is C28H33N7O. The summed E-state index contributed by atoms with van der Waals surface area (Å²) in [7, 11) is 8.11. The van der Waals surface area contributed by atoms with E-state index < -0.39 is 0 Å². The van der Waals surface area contributed by atoms with E-state index in [2.05, 4.69) is 55.3 Å². The smallest absolute Gasteiger partial charge is 0.247 e. The predicted molar refractivity (Wildman–Crippen MR) is 149 cm³/mol. The fraction of sp³-hybridized carbons (Fsp3) is 0.250. The number of rotatable bonds is 9. The molecule has 4 aromatic rings. The normalized spacial score (nSPS) is 11.1. The Morgan fingerprint density at radius 1 is 1.08 bits per heavy atom. The van der Waals surface area contributed by atoms with Gasteiger partial charge in [0.2, 0.25) is 5.91 Å². The Labute approximate surface area is 212 Å². The molecule has 4 rings (SSSR count). The minimum atomic E-state index is -0.253. The highest BCUT2D eigenvalue weighted by Gasteiger charge is 2.15. The van der Waals surface area contributed by atoms with Crippen LogP contribution in [0.1, 0.15) is 5.56 Å². The van der Waals surface area contributed by atoms with Crippen LogP contribution < -0.4 is 15.5 Å². The van der Waals surface area contributed by atoms with E-state index in [4.69, 9.17) is 0 Å². The average Bonchev–Trinajstić information content (AvgIpc) is 3.21. The fourth-order valence-corrected chi connectivity index (χ4v) is 4.14. The quantitative estimate of drug-likeness (QED) is 0.333. The summed E-state index contributed by atoms with van der Waals surface area (Å²) in [4.78, 5) is 25.5. The molecule has 0 unspecified atom stereocenters. The molecule has 0 aliphatic carbocycles. The highest BCUT2D eigenvalue weighted by Crippen LogP contribution is 2.34. The highest BCUT2D eigenvalue weighted by molar-refractivity contribution is 6.02. The number of nitrogens with one attached hydrogen (secondary N) is 2. The second kappa shape index (κ2) is 10.6. The fourth-order valence-electron chi connectivity index (χ4n) is 4.14. The number of benzene rings is 1. The van der Waals surface area contributed by atoms with Crippen LogP contribution in [0.25, 0.3) is 22.2 Å². The molecule has 0 spiro atoms. The van der Waals surface area contributed by atoms with Gasteiger partial charge in [0.15, 0.2) is 0 Å². The molecule has 0 atom stereocenters. The van der Waals surface area contributed by atoms with Gasteiger partial charge in [-0.1, -0.05) is 6.58 Å². The Bertz CT molecular complexity index is 1410. The summed E-state index contributed by atoms with van der Waals surface area (Å²) in [5, 5.41) is 7.50. The van der Waals surface area contributed by atoms with Gasteiger partial charge in [0.05, 0.1) is 11.4 Å². The number of hydrogen-bond acceptors (Lipinski definition) is 6. The summed E-state index contributed by atoms with van der Waals surface area (Å²) in [6, 6.07) is 12.1. The Morgan fingerprint density at radius 3 is 2.64 bits per heavy atom. The molecule has 36 heavy (non-hydrogen) atoms. The van der Waals surface area contributed by atoms with E-state index in [0.29, 0.717) is 11.5 Å². The number of likely N-dealkylation sites (N-methyl/N-ethyl adjacent to an activating group) is 2. The van der Waals surface area contributed by atoms with Gasteiger partial charge in [0.1, 0.15) is 11.5 Å². The summed E-state index contributed by atoms with van der Waals surface area (Å²) >= 11 is 0.